The van der Waals surface area contributed by atoms with Crippen LogP contribution in [0.15, 0.2) is 136 Å². The predicted octanol–water partition coefficient (Wildman–Crippen LogP) is 17.8. The summed E-state index contributed by atoms with van der Waals surface area (Å²) in [4.78, 5) is 9.27. The first-order chi connectivity index (χ1) is 31.7. The quantitative estimate of drug-likeness (QED) is 0.0358. The molecule has 0 radical (unpaired) electrons. The third kappa shape index (κ3) is 15.6. The van der Waals surface area contributed by atoms with Crippen LogP contribution in [0.1, 0.15) is 110 Å². The van der Waals surface area contributed by atoms with E-state index in [9.17, 15) is 0 Å². The molecule has 3 aromatic carbocycles. The van der Waals surface area contributed by atoms with E-state index in [1.807, 2.05) is 6.92 Å². The molecule has 0 bridgehead atoms. The number of rotatable bonds is 19. The SMILES string of the molecule is C/C(=C/C[C@H](O[Si](C)(C)C(C)(C)C)/C(C)=C/c1csc(C)n1)CBr.C/C(=C/C[C@H](O[Si](C)(C)C(C)(C)C)/C(C)=C/c1csc(C)n1)CCP(Br)(c1ccccc1)(c1ccccc1)c1ccccc1. The van der Waals surface area contributed by atoms with Gasteiger partial charge in [0.25, 0.3) is 0 Å². The first kappa shape index (κ1) is 58.2. The second-order valence-corrected chi connectivity index (χ2v) is 42.7. The van der Waals surface area contributed by atoms with Crippen molar-refractivity contribution < 1.29 is 8.85 Å². The molecule has 0 aliphatic heterocycles. The molecule has 5 rings (SSSR count). The van der Waals surface area contributed by atoms with E-state index >= 15 is 0 Å². The molecule has 2 atom stereocenters. The molecular formula is C57H81Br2N2O2PS2Si2. The fraction of sp³-hybridized carbons (Fsp3) is 0.439. The van der Waals surface area contributed by atoms with Gasteiger partial charge in [0.05, 0.1) is 16.8 Å². The summed E-state index contributed by atoms with van der Waals surface area (Å²) in [5, 5.41) is 8.81. The van der Waals surface area contributed by atoms with Crippen LogP contribution in [0.2, 0.25) is 36.3 Å². The Bertz CT molecular complexity index is 2380. The predicted molar refractivity (Wildman–Crippen MR) is 319 cm³/mol. The molecule has 0 saturated carbocycles. The molecule has 0 unspecified atom stereocenters. The van der Waals surface area contributed by atoms with E-state index in [4.69, 9.17) is 13.8 Å². The van der Waals surface area contributed by atoms with Crippen molar-refractivity contribution in [2.75, 3.05) is 11.5 Å². The number of nitrogens with zero attached hydrogens (tertiary/aromatic N) is 2. The summed E-state index contributed by atoms with van der Waals surface area (Å²) < 4.78 is 13.8. The molecule has 5 aromatic rings. The van der Waals surface area contributed by atoms with Gasteiger partial charge in [0, 0.05) is 10.7 Å². The zero-order chi connectivity index (χ0) is 50.6. The standard InChI is InChI=1S/C38H49BrNOPSSi.C19H32BrNOSSi/c1-30(24-25-37(41-44(7,8)38(4,5)6)31(2)28-33-29-43-32(3)40-33)26-27-42(39,34-18-12-9-13-19-34,35-20-14-10-15-21-35)36-22-16-11-17-23-36;1-14(12-20)9-10-18(22-24(7,8)19(4,5)6)15(2)11-17-13-23-16(3)21-17/h9-24,28-29,37H,25-27H2,1-8H3;9,11,13,18H,10,12H2,1-8H3/b30-24-,31-28+;14-9-,15-11+/t37-;18-/m00/s1. The van der Waals surface area contributed by atoms with Crippen molar-refractivity contribution >= 4 is 104 Å². The van der Waals surface area contributed by atoms with E-state index < -0.39 is 21.9 Å². The van der Waals surface area contributed by atoms with E-state index in [0.717, 1.165) is 52.2 Å². The van der Waals surface area contributed by atoms with E-state index in [0.29, 0.717) is 0 Å². The minimum atomic E-state index is -2.97. The molecule has 0 spiro atoms. The minimum absolute atomic E-state index is 0.0180. The molecular weight excluding hydrogens is 1060 g/mol. The summed E-state index contributed by atoms with van der Waals surface area (Å²) in [5.74, 6) is 0. The van der Waals surface area contributed by atoms with Crippen LogP contribution >= 0.6 is 59.4 Å². The average Bonchev–Trinajstić information content (AvgIpc) is 3.91. The summed E-state index contributed by atoms with van der Waals surface area (Å²) in [6, 6.07) is 33.2. The van der Waals surface area contributed by atoms with Crippen molar-refractivity contribution in [1.82, 2.24) is 9.97 Å². The zero-order valence-electron chi connectivity index (χ0n) is 44.0. The van der Waals surface area contributed by atoms with Crippen molar-refractivity contribution in [3.8, 4) is 0 Å². The van der Waals surface area contributed by atoms with Gasteiger partial charge in [0.1, 0.15) is 0 Å². The van der Waals surface area contributed by atoms with Crippen molar-refractivity contribution in [3.63, 3.8) is 0 Å². The number of allylic oxidation sites excluding steroid dienone is 2. The van der Waals surface area contributed by atoms with Gasteiger partial charge in [0.2, 0.25) is 0 Å². The Morgan fingerprint density at radius 2 is 0.941 bits per heavy atom. The van der Waals surface area contributed by atoms with Crippen molar-refractivity contribution in [3.05, 3.63) is 158 Å². The fourth-order valence-corrected chi connectivity index (χ4v) is 19.0. The topological polar surface area (TPSA) is 44.2 Å². The Balaban J connectivity index is 0.000000356. The van der Waals surface area contributed by atoms with Gasteiger partial charge >= 0.3 is 281 Å². The van der Waals surface area contributed by atoms with Crippen LogP contribution in [-0.2, 0) is 8.85 Å². The van der Waals surface area contributed by atoms with Crippen LogP contribution in [0.25, 0.3) is 12.2 Å². The number of halogens is 2. The third-order valence-electron chi connectivity index (χ3n) is 13.9. The van der Waals surface area contributed by atoms with Crippen LogP contribution in [0.4, 0.5) is 0 Å². The van der Waals surface area contributed by atoms with E-state index in [1.54, 1.807) is 22.7 Å². The Hall–Kier alpha value is -2.38. The van der Waals surface area contributed by atoms with Gasteiger partial charge in [-0.05, 0) is 57.0 Å². The number of hydrogen-bond acceptors (Lipinski definition) is 6. The first-order valence-corrected chi connectivity index (χ1v) is 37.2. The summed E-state index contributed by atoms with van der Waals surface area (Å²) >= 11 is 11.5. The Morgan fingerprint density at radius 3 is 1.24 bits per heavy atom. The molecule has 2 heterocycles. The summed E-state index contributed by atoms with van der Waals surface area (Å²) in [6.07, 6.45) is 13.0. The summed E-state index contributed by atoms with van der Waals surface area (Å²) in [6.45, 7) is 36.1. The van der Waals surface area contributed by atoms with Crippen LogP contribution in [0, 0.1) is 13.8 Å². The molecule has 0 aliphatic rings. The monoisotopic (exact) mass is 1130 g/mol. The summed E-state index contributed by atoms with van der Waals surface area (Å²) in [5.41, 5.74) is 7.30. The van der Waals surface area contributed by atoms with E-state index in [1.165, 1.54) is 38.2 Å². The van der Waals surface area contributed by atoms with Gasteiger partial charge in [-0.2, -0.15) is 0 Å². The second kappa shape index (κ2) is 24.8. The van der Waals surface area contributed by atoms with Crippen LogP contribution in [0.5, 0.6) is 0 Å². The molecule has 0 aliphatic carbocycles. The van der Waals surface area contributed by atoms with Crippen molar-refractivity contribution in [2.24, 2.45) is 0 Å². The van der Waals surface area contributed by atoms with Gasteiger partial charge in [-0.25, -0.2) is 4.98 Å². The van der Waals surface area contributed by atoms with Crippen LogP contribution in [0.3, 0.4) is 0 Å². The molecule has 0 saturated heterocycles. The Morgan fingerprint density at radius 1 is 0.603 bits per heavy atom. The number of benzene rings is 3. The van der Waals surface area contributed by atoms with Crippen LogP contribution < -0.4 is 15.9 Å². The number of aromatic nitrogens is 2. The molecule has 0 amide bonds. The van der Waals surface area contributed by atoms with Gasteiger partial charge in [-0.15, -0.1) is 11.3 Å². The normalized spacial score (nSPS) is 15.3. The maximum absolute atomic E-state index is 7.07. The fourth-order valence-electron chi connectivity index (χ4n) is 7.47. The Kier molecular flexibility index (Phi) is 21.3. The number of hydrogen-bond donors (Lipinski definition) is 0. The molecule has 4 nitrogen and oxygen atoms in total. The molecule has 11 heteroatoms. The van der Waals surface area contributed by atoms with Gasteiger partial charge in [-0.3, -0.25) is 0 Å². The van der Waals surface area contributed by atoms with Gasteiger partial charge in [0.15, 0.2) is 8.32 Å². The first-order valence-electron chi connectivity index (χ1n) is 24.0. The van der Waals surface area contributed by atoms with Crippen molar-refractivity contribution in [1.29, 1.82) is 0 Å². The molecule has 68 heavy (non-hydrogen) atoms. The maximum atomic E-state index is 7.07. The molecule has 370 valence electrons. The average molecular weight is 1140 g/mol. The number of aryl methyl sites for hydroxylation is 2. The van der Waals surface area contributed by atoms with Crippen molar-refractivity contribution in [2.45, 2.75) is 151 Å². The summed E-state index contributed by atoms with van der Waals surface area (Å²) in [7, 11) is -3.82. The van der Waals surface area contributed by atoms with E-state index in [2.05, 4.69) is 265 Å². The van der Waals surface area contributed by atoms with Gasteiger partial charge in [-0.1, -0.05) is 48.4 Å². The second-order valence-electron chi connectivity index (χ2n) is 21.5. The van der Waals surface area contributed by atoms with E-state index in [-0.39, 0.29) is 22.3 Å². The molecule has 0 fully saturated rings. The zero-order valence-corrected chi connectivity index (χ0v) is 51.7. The number of thiazole rings is 2. The third-order valence-corrected chi connectivity index (χ3v) is 35.3. The molecule has 2 aromatic heterocycles. The van der Waals surface area contributed by atoms with Crippen LogP contribution in [-0.4, -0.2) is 50.3 Å². The number of alkyl halides is 1. The van der Waals surface area contributed by atoms with Gasteiger partial charge < -0.3 is 4.43 Å². The molecule has 0 N–H and O–H groups in total. The Labute approximate surface area is 439 Å².